The number of sulfonamides is 1. The summed E-state index contributed by atoms with van der Waals surface area (Å²) in [5.41, 5.74) is 0. The summed E-state index contributed by atoms with van der Waals surface area (Å²) in [5.74, 6) is 0.385. The van der Waals surface area contributed by atoms with Gasteiger partial charge < -0.3 is 0 Å². The molecule has 0 aromatic rings. The van der Waals surface area contributed by atoms with Crippen LogP contribution in [0.1, 0.15) is 33.6 Å². The molecule has 78 valence electrons. The summed E-state index contributed by atoms with van der Waals surface area (Å²) in [6, 6.07) is 0.412. The van der Waals surface area contributed by atoms with Crippen LogP contribution in [0, 0.1) is 5.92 Å². The van der Waals surface area contributed by atoms with Crippen LogP contribution in [0.3, 0.4) is 0 Å². The molecule has 4 heteroatoms. The van der Waals surface area contributed by atoms with Gasteiger partial charge in [0.2, 0.25) is 10.0 Å². The Kier molecular flexibility index (Phi) is 3.02. The van der Waals surface area contributed by atoms with Gasteiger partial charge in [0, 0.05) is 12.1 Å². The maximum absolute atomic E-state index is 11.5. The molecule has 13 heavy (non-hydrogen) atoms. The molecule has 0 saturated heterocycles. The van der Waals surface area contributed by atoms with E-state index in [2.05, 4.69) is 13.8 Å². The van der Waals surface area contributed by atoms with Crippen molar-refractivity contribution in [1.29, 1.82) is 0 Å². The third-order valence-electron chi connectivity index (χ3n) is 2.66. The summed E-state index contributed by atoms with van der Waals surface area (Å²) in [7, 11) is -3.01. The van der Waals surface area contributed by atoms with Crippen LogP contribution in [-0.2, 0) is 10.0 Å². The molecule has 1 fully saturated rings. The van der Waals surface area contributed by atoms with Crippen molar-refractivity contribution in [3.05, 3.63) is 0 Å². The van der Waals surface area contributed by atoms with Crippen LogP contribution < -0.4 is 0 Å². The van der Waals surface area contributed by atoms with Gasteiger partial charge in [-0.25, -0.2) is 8.42 Å². The van der Waals surface area contributed by atoms with Crippen molar-refractivity contribution in [3.63, 3.8) is 0 Å². The van der Waals surface area contributed by atoms with Crippen LogP contribution in [0.5, 0.6) is 0 Å². The van der Waals surface area contributed by atoms with E-state index in [0.29, 0.717) is 5.92 Å². The van der Waals surface area contributed by atoms with E-state index in [-0.39, 0.29) is 12.1 Å². The van der Waals surface area contributed by atoms with Crippen molar-refractivity contribution >= 4 is 10.0 Å². The van der Waals surface area contributed by atoms with Crippen LogP contribution in [0.15, 0.2) is 0 Å². The lowest BCUT2D eigenvalue weighted by molar-refractivity contribution is 0.270. The largest absolute Gasteiger partial charge is 0.212 e. The first-order chi connectivity index (χ1) is 5.84. The second-order valence-corrected chi connectivity index (χ2v) is 6.20. The molecule has 0 heterocycles. The van der Waals surface area contributed by atoms with E-state index >= 15 is 0 Å². The van der Waals surface area contributed by atoms with Gasteiger partial charge in [-0.1, -0.05) is 13.8 Å². The van der Waals surface area contributed by atoms with Crippen LogP contribution in [-0.4, -0.2) is 31.1 Å². The Morgan fingerprint density at radius 1 is 1.23 bits per heavy atom. The van der Waals surface area contributed by atoms with Gasteiger partial charge in [-0.2, -0.15) is 4.31 Å². The highest BCUT2D eigenvalue weighted by molar-refractivity contribution is 7.88. The molecule has 0 spiro atoms. The van der Waals surface area contributed by atoms with Crippen molar-refractivity contribution in [2.45, 2.75) is 45.7 Å². The van der Waals surface area contributed by atoms with Crippen molar-refractivity contribution in [2.24, 2.45) is 5.92 Å². The van der Waals surface area contributed by atoms with Crippen molar-refractivity contribution in [3.8, 4) is 0 Å². The number of nitrogens with zero attached hydrogens (tertiary/aromatic N) is 1. The molecule has 0 aromatic heterocycles. The van der Waals surface area contributed by atoms with Gasteiger partial charge in [0.15, 0.2) is 0 Å². The molecule has 0 amide bonds. The Labute approximate surface area is 81.2 Å². The summed E-state index contributed by atoms with van der Waals surface area (Å²) in [5, 5.41) is 0. The molecule has 1 rings (SSSR count). The third kappa shape index (κ3) is 2.68. The van der Waals surface area contributed by atoms with Gasteiger partial charge in [-0.05, 0) is 25.7 Å². The molecule has 1 aliphatic rings. The van der Waals surface area contributed by atoms with Gasteiger partial charge >= 0.3 is 0 Å². The third-order valence-corrected chi connectivity index (χ3v) is 4.05. The number of hydrogen-bond donors (Lipinski definition) is 0. The van der Waals surface area contributed by atoms with E-state index < -0.39 is 10.0 Å². The van der Waals surface area contributed by atoms with E-state index in [0.717, 1.165) is 12.8 Å². The predicted molar refractivity (Wildman–Crippen MR) is 54.0 cm³/mol. The summed E-state index contributed by atoms with van der Waals surface area (Å²) >= 11 is 0. The average Bonchev–Trinajstić information content (AvgIpc) is 2.68. The molecule has 0 aromatic carbocycles. The molecule has 0 radical (unpaired) electrons. The first kappa shape index (κ1) is 11.0. The van der Waals surface area contributed by atoms with Crippen molar-refractivity contribution < 1.29 is 8.42 Å². The minimum Gasteiger partial charge on any atom is -0.212 e. The lowest BCUT2D eigenvalue weighted by Gasteiger charge is -2.29. The molecule has 1 saturated carbocycles. The smallest absolute Gasteiger partial charge is 0.211 e. The van der Waals surface area contributed by atoms with E-state index in [1.807, 2.05) is 6.92 Å². The highest BCUT2D eigenvalue weighted by Crippen LogP contribution is 2.32. The second kappa shape index (κ2) is 3.58. The molecular weight excluding hydrogens is 186 g/mol. The van der Waals surface area contributed by atoms with Gasteiger partial charge in [0.25, 0.3) is 0 Å². The Bertz CT molecular complexity index is 267. The standard InChI is InChI=1S/C9H19NO2S/c1-7(2)8(3)10(9-5-6-9)13(4,11)12/h7-9H,5-6H2,1-4H3/t8-/m1/s1. The summed E-state index contributed by atoms with van der Waals surface area (Å²) < 4.78 is 24.6. The molecule has 3 nitrogen and oxygen atoms in total. The van der Waals surface area contributed by atoms with Crippen LogP contribution in [0.4, 0.5) is 0 Å². The van der Waals surface area contributed by atoms with E-state index in [1.165, 1.54) is 6.26 Å². The minimum atomic E-state index is -3.01. The van der Waals surface area contributed by atoms with Crippen LogP contribution >= 0.6 is 0 Å². The normalized spacial score (nSPS) is 21.1. The lowest BCUT2D eigenvalue weighted by atomic mass is 10.1. The summed E-state index contributed by atoms with van der Waals surface area (Å²) in [4.78, 5) is 0. The number of hydrogen-bond acceptors (Lipinski definition) is 2. The molecule has 0 N–H and O–H groups in total. The maximum Gasteiger partial charge on any atom is 0.211 e. The lowest BCUT2D eigenvalue weighted by Crippen LogP contribution is -2.42. The molecule has 1 aliphatic carbocycles. The fraction of sp³-hybridized carbons (Fsp3) is 1.00. The predicted octanol–water partition coefficient (Wildman–Crippen LogP) is 1.45. The van der Waals surface area contributed by atoms with Crippen molar-refractivity contribution in [1.82, 2.24) is 4.31 Å². The Morgan fingerprint density at radius 2 is 1.69 bits per heavy atom. The average molecular weight is 205 g/mol. The monoisotopic (exact) mass is 205 g/mol. The molecule has 0 bridgehead atoms. The molecule has 0 unspecified atom stereocenters. The Hall–Kier alpha value is -0.0900. The van der Waals surface area contributed by atoms with E-state index in [1.54, 1.807) is 4.31 Å². The topological polar surface area (TPSA) is 37.4 Å². The van der Waals surface area contributed by atoms with Gasteiger partial charge in [0.1, 0.15) is 0 Å². The molecular formula is C9H19NO2S. The molecule has 0 aliphatic heterocycles. The Balaban J connectivity index is 2.79. The fourth-order valence-electron chi connectivity index (χ4n) is 1.53. The molecule has 1 atom stereocenters. The maximum atomic E-state index is 11.5. The highest BCUT2D eigenvalue weighted by atomic mass is 32.2. The van der Waals surface area contributed by atoms with Gasteiger partial charge in [0.05, 0.1) is 6.26 Å². The van der Waals surface area contributed by atoms with Crippen molar-refractivity contribution in [2.75, 3.05) is 6.26 Å². The fourth-order valence-corrected chi connectivity index (χ4v) is 3.13. The summed E-state index contributed by atoms with van der Waals surface area (Å²) in [6.07, 6.45) is 3.37. The highest BCUT2D eigenvalue weighted by Gasteiger charge is 2.38. The van der Waals surface area contributed by atoms with Crippen LogP contribution in [0.2, 0.25) is 0 Å². The summed E-state index contributed by atoms with van der Waals surface area (Å²) in [6.45, 7) is 6.11. The van der Waals surface area contributed by atoms with Gasteiger partial charge in [-0.15, -0.1) is 0 Å². The zero-order chi connectivity index (χ0) is 10.2. The van der Waals surface area contributed by atoms with Gasteiger partial charge in [-0.3, -0.25) is 0 Å². The minimum absolute atomic E-state index is 0.127. The zero-order valence-corrected chi connectivity index (χ0v) is 9.63. The van der Waals surface area contributed by atoms with E-state index in [9.17, 15) is 8.42 Å². The first-order valence-electron chi connectivity index (χ1n) is 4.82. The zero-order valence-electron chi connectivity index (χ0n) is 8.82. The Morgan fingerprint density at radius 3 is 1.92 bits per heavy atom. The second-order valence-electron chi connectivity index (χ2n) is 4.31. The SMILES string of the molecule is CC(C)[C@@H](C)N(C1CC1)S(C)(=O)=O. The number of rotatable bonds is 4. The first-order valence-corrected chi connectivity index (χ1v) is 6.67. The van der Waals surface area contributed by atoms with E-state index in [4.69, 9.17) is 0 Å². The quantitative estimate of drug-likeness (QED) is 0.696. The van der Waals surface area contributed by atoms with Crippen LogP contribution in [0.25, 0.3) is 0 Å².